The van der Waals surface area contributed by atoms with Crippen molar-refractivity contribution >= 4 is 0 Å². The maximum Gasteiger partial charge on any atom is 0.0978 e. The zero-order chi connectivity index (χ0) is 7.19. The van der Waals surface area contributed by atoms with Crippen LogP contribution in [-0.4, -0.2) is 29.5 Å². The molecule has 3 N–H and O–H groups in total. The molecular weight excluding hydrogens is 130 g/mol. The van der Waals surface area contributed by atoms with Crippen molar-refractivity contribution in [1.29, 1.82) is 0 Å². The van der Waals surface area contributed by atoms with E-state index in [1.807, 2.05) is 0 Å². The average molecular weight is 143 g/mol. The summed E-state index contributed by atoms with van der Waals surface area (Å²) in [6.45, 7) is 0.432. The van der Waals surface area contributed by atoms with Gasteiger partial charge in [-0.3, -0.25) is 0 Å². The van der Waals surface area contributed by atoms with Gasteiger partial charge in [-0.1, -0.05) is 0 Å². The maximum absolute atomic E-state index is 9.41. The normalized spacial score (nSPS) is 53.4. The van der Waals surface area contributed by atoms with Gasteiger partial charge in [-0.15, -0.1) is 0 Å². The lowest BCUT2D eigenvalue weighted by Crippen LogP contribution is -2.51. The molecule has 58 valence electrons. The summed E-state index contributed by atoms with van der Waals surface area (Å²) in [5.41, 5.74) is 5.53. The number of ether oxygens (including phenoxy) is 1. The average Bonchev–Trinajstić information content (AvgIpc) is 2.36. The Bertz CT molecular complexity index is 151. The molecule has 0 bridgehead atoms. The summed E-state index contributed by atoms with van der Waals surface area (Å²) in [4.78, 5) is 0. The Morgan fingerprint density at radius 3 is 3.10 bits per heavy atom. The van der Waals surface area contributed by atoms with E-state index in [0.717, 1.165) is 19.3 Å². The van der Waals surface area contributed by atoms with Crippen LogP contribution in [0.15, 0.2) is 0 Å². The third-order valence-electron chi connectivity index (χ3n) is 2.75. The van der Waals surface area contributed by atoms with Gasteiger partial charge in [0, 0.05) is 0 Å². The van der Waals surface area contributed by atoms with Crippen molar-refractivity contribution in [2.45, 2.75) is 37.0 Å². The molecule has 2 rings (SSSR count). The summed E-state index contributed by atoms with van der Waals surface area (Å²) < 4.78 is 5.32. The molecule has 2 aliphatic rings. The molecule has 1 unspecified atom stereocenters. The van der Waals surface area contributed by atoms with Gasteiger partial charge in [0.2, 0.25) is 0 Å². The zero-order valence-electron chi connectivity index (χ0n) is 5.92. The van der Waals surface area contributed by atoms with Crippen molar-refractivity contribution in [2.75, 3.05) is 6.61 Å². The minimum absolute atomic E-state index is 0.127. The lowest BCUT2D eigenvalue weighted by molar-refractivity contribution is 0.0860. The van der Waals surface area contributed by atoms with E-state index < -0.39 is 11.6 Å². The Labute approximate surface area is 60.2 Å². The Morgan fingerprint density at radius 1 is 1.60 bits per heavy atom. The van der Waals surface area contributed by atoms with Crippen molar-refractivity contribution in [1.82, 2.24) is 0 Å². The van der Waals surface area contributed by atoms with Crippen LogP contribution in [0.25, 0.3) is 0 Å². The zero-order valence-corrected chi connectivity index (χ0v) is 5.92. The first-order valence-electron chi connectivity index (χ1n) is 3.82. The van der Waals surface area contributed by atoms with E-state index in [1.54, 1.807) is 0 Å². The topological polar surface area (TPSA) is 55.5 Å². The van der Waals surface area contributed by atoms with E-state index in [2.05, 4.69) is 0 Å². The molecule has 1 saturated heterocycles. The smallest absolute Gasteiger partial charge is 0.0978 e. The van der Waals surface area contributed by atoms with Gasteiger partial charge >= 0.3 is 0 Å². The summed E-state index contributed by atoms with van der Waals surface area (Å²) in [6.07, 6.45) is 2.73. The second-order valence-corrected chi connectivity index (χ2v) is 3.34. The minimum Gasteiger partial charge on any atom is -0.389 e. The fourth-order valence-corrected chi connectivity index (χ4v) is 2.01. The molecule has 1 heterocycles. The van der Waals surface area contributed by atoms with Crippen LogP contribution in [0.3, 0.4) is 0 Å². The predicted molar refractivity (Wildman–Crippen MR) is 36.5 cm³/mol. The van der Waals surface area contributed by atoms with Gasteiger partial charge in [-0.2, -0.15) is 0 Å². The largest absolute Gasteiger partial charge is 0.389 e. The number of hydrogen-bond acceptors (Lipinski definition) is 3. The highest BCUT2D eigenvalue weighted by Crippen LogP contribution is 2.37. The van der Waals surface area contributed by atoms with Crippen molar-refractivity contribution in [3.63, 3.8) is 0 Å². The number of fused-ring (bicyclic) bond motifs is 1. The maximum atomic E-state index is 9.41. The quantitative estimate of drug-likeness (QED) is 0.486. The standard InChI is InChI=1S/C7H13NO2/c8-7-3-1-2-6(7)10-4-5(7)9/h5-6,9H,1-4,8H2/t5?,6-,7+/m1/s1. The Morgan fingerprint density at radius 2 is 2.40 bits per heavy atom. The molecule has 0 amide bonds. The summed E-state index contributed by atoms with van der Waals surface area (Å²) in [7, 11) is 0. The van der Waals surface area contributed by atoms with Gasteiger partial charge in [0.25, 0.3) is 0 Å². The molecule has 0 spiro atoms. The lowest BCUT2D eigenvalue weighted by Gasteiger charge is -2.24. The van der Waals surface area contributed by atoms with E-state index in [1.165, 1.54) is 0 Å². The van der Waals surface area contributed by atoms with Gasteiger partial charge < -0.3 is 15.6 Å². The highest BCUT2D eigenvalue weighted by molar-refractivity contribution is 5.06. The first-order chi connectivity index (χ1) is 4.73. The summed E-state index contributed by atoms with van der Waals surface area (Å²) in [6, 6.07) is 0. The van der Waals surface area contributed by atoms with Gasteiger partial charge in [0.05, 0.1) is 24.4 Å². The Kier molecular flexibility index (Phi) is 1.27. The van der Waals surface area contributed by atoms with E-state index in [0.29, 0.717) is 6.61 Å². The lowest BCUT2D eigenvalue weighted by atomic mass is 9.93. The summed E-state index contributed by atoms with van der Waals surface area (Å²) in [5.74, 6) is 0. The molecule has 3 atom stereocenters. The SMILES string of the molecule is N[C@]12CCC[C@H]1OCC2O. The van der Waals surface area contributed by atoms with Crippen LogP contribution in [0, 0.1) is 0 Å². The van der Waals surface area contributed by atoms with Gasteiger partial charge in [-0.25, -0.2) is 0 Å². The summed E-state index contributed by atoms with van der Waals surface area (Å²) in [5, 5.41) is 9.41. The van der Waals surface area contributed by atoms with E-state index in [4.69, 9.17) is 10.5 Å². The molecular formula is C7H13NO2. The number of rotatable bonds is 0. The third kappa shape index (κ3) is 0.654. The molecule has 3 nitrogen and oxygen atoms in total. The molecule has 0 aromatic heterocycles. The molecule has 1 aliphatic carbocycles. The molecule has 0 aromatic rings. The molecule has 0 aromatic carbocycles. The molecule has 3 heteroatoms. The van der Waals surface area contributed by atoms with Gasteiger partial charge in [0.15, 0.2) is 0 Å². The van der Waals surface area contributed by atoms with Crippen LogP contribution in [0.5, 0.6) is 0 Å². The van der Waals surface area contributed by atoms with Crippen LogP contribution < -0.4 is 5.73 Å². The van der Waals surface area contributed by atoms with Crippen LogP contribution in [-0.2, 0) is 4.74 Å². The number of aliphatic hydroxyl groups is 1. The van der Waals surface area contributed by atoms with E-state index in [-0.39, 0.29) is 6.10 Å². The van der Waals surface area contributed by atoms with Crippen LogP contribution in [0.1, 0.15) is 19.3 Å². The molecule has 0 radical (unpaired) electrons. The Balaban J connectivity index is 2.21. The van der Waals surface area contributed by atoms with Crippen molar-refractivity contribution in [3.8, 4) is 0 Å². The molecule has 2 fully saturated rings. The summed E-state index contributed by atoms with van der Waals surface area (Å²) >= 11 is 0. The first kappa shape index (κ1) is 6.58. The van der Waals surface area contributed by atoms with Crippen molar-refractivity contribution < 1.29 is 9.84 Å². The monoisotopic (exact) mass is 143 g/mol. The van der Waals surface area contributed by atoms with Crippen LogP contribution in [0.2, 0.25) is 0 Å². The molecule has 10 heavy (non-hydrogen) atoms. The fourth-order valence-electron chi connectivity index (χ4n) is 2.01. The van der Waals surface area contributed by atoms with Gasteiger partial charge in [-0.05, 0) is 19.3 Å². The highest BCUT2D eigenvalue weighted by atomic mass is 16.5. The van der Waals surface area contributed by atoms with Gasteiger partial charge in [0.1, 0.15) is 0 Å². The van der Waals surface area contributed by atoms with Crippen LogP contribution in [0.4, 0.5) is 0 Å². The molecule has 1 aliphatic heterocycles. The number of aliphatic hydroxyl groups excluding tert-OH is 1. The fraction of sp³-hybridized carbons (Fsp3) is 1.00. The second-order valence-electron chi connectivity index (χ2n) is 3.34. The Hall–Kier alpha value is -0.120. The number of nitrogens with two attached hydrogens (primary N) is 1. The van der Waals surface area contributed by atoms with Crippen molar-refractivity contribution in [2.24, 2.45) is 5.73 Å². The molecule has 1 saturated carbocycles. The predicted octanol–water partition coefficient (Wildman–Crippen LogP) is -0.373. The number of hydrogen-bond donors (Lipinski definition) is 2. The minimum atomic E-state index is -0.431. The third-order valence-corrected chi connectivity index (χ3v) is 2.75. The van der Waals surface area contributed by atoms with Crippen molar-refractivity contribution in [3.05, 3.63) is 0 Å². The van der Waals surface area contributed by atoms with E-state index >= 15 is 0 Å². The second kappa shape index (κ2) is 1.94. The van der Waals surface area contributed by atoms with Crippen LogP contribution >= 0.6 is 0 Å². The van der Waals surface area contributed by atoms with E-state index in [9.17, 15) is 5.11 Å². The first-order valence-corrected chi connectivity index (χ1v) is 3.82. The highest BCUT2D eigenvalue weighted by Gasteiger charge is 2.50.